The van der Waals surface area contributed by atoms with E-state index in [2.05, 4.69) is 5.32 Å². The van der Waals surface area contributed by atoms with Crippen LogP contribution in [-0.2, 0) is 4.74 Å². The lowest BCUT2D eigenvalue weighted by molar-refractivity contribution is -0.0679. The SMILES string of the molecule is C1CCC(C2OCCCC2CNC2CC2)CC1. The molecule has 1 aliphatic heterocycles. The van der Waals surface area contributed by atoms with Gasteiger partial charge in [0.1, 0.15) is 0 Å². The highest BCUT2D eigenvalue weighted by atomic mass is 16.5. The Morgan fingerprint density at radius 3 is 2.47 bits per heavy atom. The molecule has 2 nitrogen and oxygen atoms in total. The lowest BCUT2D eigenvalue weighted by atomic mass is 9.78. The zero-order valence-corrected chi connectivity index (χ0v) is 11.0. The van der Waals surface area contributed by atoms with Crippen LogP contribution in [0.3, 0.4) is 0 Å². The molecular weight excluding hydrogens is 210 g/mol. The summed E-state index contributed by atoms with van der Waals surface area (Å²) in [5.41, 5.74) is 0. The molecule has 2 atom stereocenters. The number of ether oxygens (including phenoxy) is 1. The van der Waals surface area contributed by atoms with Crippen molar-refractivity contribution in [2.75, 3.05) is 13.2 Å². The Kier molecular flexibility index (Phi) is 4.02. The molecule has 3 rings (SSSR count). The first kappa shape index (κ1) is 12.0. The van der Waals surface area contributed by atoms with Gasteiger partial charge in [-0.3, -0.25) is 0 Å². The quantitative estimate of drug-likeness (QED) is 0.811. The molecular formula is C15H27NO. The molecule has 3 aliphatic rings. The van der Waals surface area contributed by atoms with Gasteiger partial charge < -0.3 is 10.1 Å². The van der Waals surface area contributed by atoms with Crippen LogP contribution in [-0.4, -0.2) is 25.3 Å². The highest BCUT2D eigenvalue weighted by Crippen LogP contribution is 2.35. The Labute approximate surface area is 105 Å². The second kappa shape index (κ2) is 5.71. The normalized spacial score (nSPS) is 36.0. The van der Waals surface area contributed by atoms with Gasteiger partial charge in [0.2, 0.25) is 0 Å². The van der Waals surface area contributed by atoms with Crippen molar-refractivity contribution >= 4 is 0 Å². The standard InChI is InChI=1S/C15H27NO/c1-2-5-12(6-3-1)15-13(7-4-10-17-15)11-16-14-8-9-14/h12-16H,1-11H2. The third-order valence-electron chi connectivity index (χ3n) is 4.85. The van der Waals surface area contributed by atoms with Crippen molar-refractivity contribution in [1.82, 2.24) is 5.32 Å². The number of hydrogen-bond donors (Lipinski definition) is 1. The Bertz CT molecular complexity index is 233. The molecule has 0 spiro atoms. The summed E-state index contributed by atoms with van der Waals surface area (Å²) in [4.78, 5) is 0. The summed E-state index contributed by atoms with van der Waals surface area (Å²) in [6, 6.07) is 0.851. The fourth-order valence-electron chi connectivity index (χ4n) is 3.67. The molecule has 2 heteroatoms. The highest BCUT2D eigenvalue weighted by Gasteiger charge is 2.34. The Hall–Kier alpha value is -0.0800. The van der Waals surface area contributed by atoms with Crippen molar-refractivity contribution in [1.29, 1.82) is 0 Å². The molecule has 98 valence electrons. The highest BCUT2D eigenvalue weighted by molar-refractivity contribution is 4.87. The molecule has 1 heterocycles. The Morgan fingerprint density at radius 2 is 1.71 bits per heavy atom. The van der Waals surface area contributed by atoms with Crippen molar-refractivity contribution in [2.24, 2.45) is 11.8 Å². The molecule has 3 fully saturated rings. The minimum atomic E-state index is 0.579. The van der Waals surface area contributed by atoms with Gasteiger partial charge >= 0.3 is 0 Å². The number of nitrogens with one attached hydrogen (secondary N) is 1. The maximum atomic E-state index is 6.14. The first-order valence-corrected chi connectivity index (χ1v) is 7.78. The summed E-state index contributed by atoms with van der Waals surface area (Å²) in [6.45, 7) is 2.23. The van der Waals surface area contributed by atoms with E-state index >= 15 is 0 Å². The maximum Gasteiger partial charge on any atom is 0.0643 e. The van der Waals surface area contributed by atoms with Crippen molar-refractivity contribution in [3.05, 3.63) is 0 Å². The van der Waals surface area contributed by atoms with Crippen LogP contribution >= 0.6 is 0 Å². The molecule has 1 saturated heterocycles. The minimum Gasteiger partial charge on any atom is -0.378 e. The van der Waals surface area contributed by atoms with Crippen LogP contribution in [0.4, 0.5) is 0 Å². The number of hydrogen-bond acceptors (Lipinski definition) is 2. The molecule has 2 aliphatic carbocycles. The van der Waals surface area contributed by atoms with Crippen LogP contribution in [0.25, 0.3) is 0 Å². The van der Waals surface area contributed by atoms with Crippen LogP contribution in [0.1, 0.15) is 57.8 Å². The Balaban J connectivity index is 1.53. The zero-order chi connectivity index (χ0) is 11.5. The first-order valence-electron chi connectivity index (χ1n) is 7.78. The van der Waals surface area contributed by atoms with Gasteiger partial charge in [0.05, 0.1) is 6.10 Å². The van der Waals surface area contributed by atoms with Crippen LogP contribution in [0, 0.1) is 11.8 Å². The second-order valence-electron chi connectivity index (χ2n) is 6.32. The molecule has 2 unspecified atom stereocenters. The lowest BCUT2D eigenvalue weighted by Gasteiger charge is -2.39. The van der Waals surface area contributed by atoms with E-state index in [0.717, 1.165) is 24.5 Å². The van der Waals surface area contributed by atoms with Gasteiger partial charge in [-0.05, 0) is 50.4 Å². The van der Waals surface area contributed by atoms with Gasteiger partial charge in [0.25, 0.3) is 0 Å². The van der Waals surface area contributed by atoms with Crippen molar-refractivity contribution < 1.29 is 4.74 Å². The van der Waals surface area contributed by atoms with Gasteiger partial charge in [-0.2, -0.15) is 0 Å². The molecule has 2 saturated carbocycles. The average Bonchev–Trinajstić information content (AvgIpc) is 3.22. The summed E-state index contributed by atoms with van der Waals surface area (Å²) in [6.07, 6.45) is 13.2. The average molecular weight is 237 g/mol. The molecule has 0 aromatic heterocycles. The molecule has 0 radical (unpaired) electrons. The maximum absolute atomic E-state index is 6.14. The molecule has 0 aromatic rings. The van der Waals surface area contributed by atoms with E-state index < -0.39 is 0 Å². The van der Waals surface area contributed by atoms with E-state index in [1.165, 1.54) is 64.3 Å². The van der Waals surface area contributed by atoms with Crippen molar-refractivity contribution in [3.63, 3.8) is 0 Å². The van der Waals surface area contributed by atoms with Gasteiger partial charge in [0, 0.05) is 19.2 Å². The topological polar surface area (TPSA) is 21.3 Å². The predicted octanol–water partition coefficient (Wildman–Crippen LogP) is 3.11. The van der Waals surface area contributed by atoms with Gasteiger partial charge in [-0.25, -0.2) is 0 Å². The lowest BCUT2D eigenvalue weighted by Crippen LogP contribution is -2.42. The minimum absolute atomic E-state index is 0.579. The summed E-state index contributed by atoms with van der Waals surface area (Å²) >= 11 is 0. The van der Waals surface area contributed by atoms with E-state index in [9.17, 15) is 0 Å². The van der Waals surface area contributed by atoms with E-state index in [0.29, 0.717) is 6.10 Å². The first-order chi connectivity index (χ1) is 8.43. The largest absolute Gasteiger partial charge is 0.378 e. The van der Waals surface area contributed by atoms with Crippen molar-refractivity contribution in [3.8, 4) is 0 Å². The summed E-state index contributed by atoms with van der Waals surface area (Å²) in [5, 5.41) is 3.72. The van der Waals surface area contributed by atoms with E-state index in [-0.39, 0.29) is 0 Å². The summed E-state index contributed by atoms with van der Waals surface area (Å²) < 4.78 is 6.14. The summed E-state index contributed by atoms with van der Waals surface area (Å²) in [5.74, 6) is 1.67. The van der Waals surface area contributed by atoms with Crippen molar-refractivity contribution in [2.45, 2.75) is 69.9 Å². The molecule has 1 N–H and O–H groups in total. The molecule has 0 aromatic carbocycles. The summed E-state index contributed by atoms with van der Waals surface area (Å²) in [7, 11) is 0. The van der Waals surface area contributed by atoms with Crippen LogP contribution < -0.4 is 5.32 Å². The van der Waals surface area contributed by atoms with Gasteiger partial charge in [-0.1, -0.05) is 19.3 Å². The zero-order valence-electron chi connectivity index (χ0n) is 11.0. The molecule has 0 amide bonds. The van der Waals surface area contributed by atoms with E-state index in [1.807, 2.05) is 0 Å². The second-order valence-corrected chi connectivity index (χ2v) is 6.32. The fraction of sp³-hybridized carbons (Fsp3) is 1.00. The third kappa shape index (κ3) is 3.23. The number of rotatable bonds is 4. The van der Waals surface area contributed by atoms with Crippen LogP contribution in [0.2, 0.25) is 0 Å². The van der Waals surface area contributed by atoms with Crippen LogP contribution in [0.15, 0.2) is 0 Å². The van der Waals surface area contributed by atoms with Gasteiger partial charge in [0.15, 0.2) is 0 Å². The van der Waals surface area contributed by atoms with Gasteiger partial charge in [-0.15, -0.1) is 0 Å². The molecule has 0 bridgehead atoms. The fourth-order valence-corrected chi connectivity index (χ4v) is 3.67. The van der Waals surface area contributed by atoms with E-state index in [1.54, 1.807) is 0 Å². The third-order valence-corrected chi connectivity index (χ3v) is 4.85. The smallest absolute Gasteiger partial charge is 0.0643 e. The monoisotopic (exact) mass is 237 g/mol. The molecule has 17 heavy (non-hydrogen) atoms. The van der Waals surface area contributed by atoms with E-state index in [4.69, 9.17) is 4.74 Å². The Morgan fingerprint density at radius 1 is 0.882 bits per heavy atom. The van der Waals surface area contributed by atoms with Crippen LogP contribution in [0.5, 0.6) is 0 Å². The predicted molar refractivity (Wildman–Crippen MR) is 70.1 cm³/mol.